The van der Waals surface area contributed by atoms with Gasteiger partial charge in [-0.2, -0.15) is 0 Å². The molecule has 0 aliphatic carbocycles. The van der Waals surface area contributed by atoms with Gasteiger partial charge in [0.15, 0.2) is 0 Å². The van der Waals surface area contributed by atoms with Gasteiger partial charge in [-0.25, -0.2) is 4.98 Å². The van der Waals surface area contributed by atoms with Crippen molar-refractivity contribution in [3.63, 3.8) is 0 Å². The molecule has 2 fully saturated rings. The van der Waals surface area contributed by atoms with Gasteiger partial charge < -0.3 is 9.80 Å². The summed E-state index contributed by atoms with van der Waals surface area (Å²) in [6.07, 6.45) is 7.23. The third-order valence-corrected chi connectivity index (χ3v) is 5.77. The monoisotopic (exact) mass is 347 g/mol. The number of amides is 2. The number of carbonyl (C=O) groups is 2. The summed E-state index contributed by atoms with van der Waals surface area (Å²) in [4.78, 5) is 32.9. The van der Waals surface area contributed by atoms with Crippen molar-refractivity contribution in [2.75, 3.05) is 25.4 Å². The van der Waals surface area contributed by atoms with Gasteiger partial charge in [-0.3, -0.25) is 9.59 Å². The molecule has 3 rings (SSSR count). The number of thioether (sulfide) groups is 1. The van der Waals surface area contributed by atoms with E-state index >= 15 is 0 Å². The molecule has 6 heteroatoms. The number of aromatic nitrogens is 1. The maximum absolute atomic E-state index is 12.3. The highest BCUT2D eigenvalue weighted by atomic mass is 32.2. The van der Waals surface area contributed by atoms with Crippen molar-refractivity contribution in [1.29, 1.82) is 0 Å². The quantitative estimate of drug-likeness (QED) is 0.786. The Balaban J connectivity index is 1.52. The van der Waals surface area contributed by atoms with Crippen molar-refractivity contribution in [3.05, 3.63) is 23.9 Å². The predicted molar refractivity (Wildman–Crippen MR) is 95.1 cm³/mol. The molecule has 3 heterocycles. The summed E-state index contributed by atoms with van der Waals surface area (Å²) in [5.74, 6) is 0.664. The Labute approximate surface area is 147 Å². The number of rotatable bonds is 4. The Morgan fingerprint density at radius 1 is 1.17 bits per heavy atom. The topological polar surface area (TPSA) is 53.5 Å². The van der Waals surface area contributed by atoms with Gasteiger partial charge in [0.2, 0.25) is 5.91 Å². The van der Waals surface area contributed by atoms with E-state index in [0.29, 0.717) is 17.4 Å². The molecule has 0 aromatic carbocycles. The van der Waals surface area contributed by atoms with Crippen LogP contribution in [0.2, 0.25) is 0 Å². The minimum absolute atomic E-state index is 0.0646. The van der Waals surface area contributed by atoms with Crippen LogP contribution in [0, 0.1) is 0 Å². The van der Waals surface area contributed by atoms with E-state index in [4.69, 9.17) is 0 Å². The van der Waals surface area contributed by atoms with E-state index in [9.17, 15) is 9.59 Å². The molecule has 5 nitrogen and oxygen atoms in total. The fourth-order valence-corrected chi connectivity index (χ4v) is 4.11. The van der Waals surface area contributed by atoms with Crippen molar-refractivity contribution < 1.29 is 9.59 Å². The number of nitrogens with zero attached hydrogens (tertiary/aromatic N) is 3. The number of likely N-dealkylation sites (tertiary alicyclic amines) is 2. The highest BCUT2D eigenvalue weighted by Gasteiger charge is 2.23. The lowest BCUT2D eigenvalue weighted by molar-refractivity contribution is -0.131. The summed E-state index contributed by atoms with van der Waals surface area (Å²) < 4.78 is 0. The van der Waals surface area contributed by atoms with Crippen LogP contribution < -0.4 is 0 Å². The fourth-order valence-electron chi connectivity index (χ4n) is 3.38. The second-order valence-corrected chi connectivity index (χ2v) is 7.60. The predicted octanol–water partition coefficient (Wildman–Crippen LogP) is 2.81. The van der Waals surface area contributed by atoms with Crippen LogP contribution in [0.5, 0.6) is 0 Å². The Bertz CT molecular complexity index is 584. The third kappa shape index (κ3) is 4.09. The van der Waals surface area contributed by atoms with Crippen LogP contribution in [0.3, 0.4) is 0 Å². The number of piperidine rings is 1. The minimum Gasteiger partial charge on any atom is -0.339 e. The molecule has 24 heavy (non-hydrogen) atoms. The summed E-state index contributed by atoms with van der Waals surface area (Å²) >= 11 is 1.45. The summed E-state index contributed by atoms with van der Waals surface area (Å²) in [6, 6.07) is 4.02. The van der Waals surface area contributed by atoms with Crippen LogP contribution in [-0.2, 0) is 4.79 Å². The van der Waals surface area contributed by atoms with Gasteiger partial charge in [0, 0.05) is 31.9 Å². The first-order valence-corrected chi connectivity index (χ1v) is 9.81. The molecule has 0 saturated carbocycles. The first-order valence-electron chi connectivity index (χ1n) is 8.83. The molecule has 1 aromatic rings. The zero-order chi connectivity index (χ0) is 16.9. The van der Waals surface area contributed by atoms with Crippen molar-refractivity contribution >= 4 is 23.6 Å². The molecule has 130 valence electrons. The molecular formula is C18H25N3O2S. The van der Waals surface area contributed by atoms with Crippen LogP contribution in [0.4, 0.5) is 0 Å². The SMILES string of the molecule is CC1CCCCN1C(=O)CSc1ccc(C(=O)N2CCCC2)cn1. The summed E-state index contributed by atoms with van der Waals surface area (Å²) in [5, 5.41) is 0.797. The first-order chi connectivity index (χ1) is 11.6. The molecule has 2 saturated heterocycles. The third-order valence-electron chi connectivity index (χ3n) is 4.84. The molecule has 0 radical (unpaired) electrons. The van der Waals surface area contributed by atoms with E-state index < -0.39 is 0 Å². The fraction of sp³-hybridized carbons (Fsp3) is 0.611. The van der Waals surface area contributed by atoms with Gasteiger partial charge in [0.1, 0.15) is 0 Å². The summed E-state index contributed by atoms with van der Waals surface area (Å²) in [7, 11) is 0. The molecular weight excluding hydrogens is 322 g/mol. The highest BCUT2D eigenvalue weighted by Crippen LogP contribution is 2.21. The van der Waals surface area contributed by atoms with E-state index in [1.54, 1.807) is 6.20 Å². The molecule has 2 aliphatic rings. The summed E-state index contributed by atoms with van der Waals surface area (Å²) in [6.45, 7) is 4.69. The molecule has 0 bridgehead atoms. The van der Waals surface area contributed by atoms with Gasteiger partial charge in [-0.15, -0.1) is 0 Å². The van der Waals surface area contributed by atoms with Crippen molar-refractivity contribution in [1.82, 2.24) is 14.8 Å². The van der Waals surface area contributed by atoms with Gasteiger partial charge in [0.05, 0.1) is 16.3 Å². The van der Waals surface area contributed by atoms with Gasteiger partial charge in [-0.05, 0) is 51.2 Å². The van der Waals surface area contributed by atoms with Crippen LogP contribution >= 0.6 is 11.8 Å². The Morgan fingerprint density at radius 2 is 1.92 bits per heavy atom. The number of hydrogen-bond donors (Lipinski definition) is 0. The normalized spacial score (nSPS) is 21.1. The van der Waals surface area contributed by atoms with Crippen LogP contribution in [-0.4, -0.2) is 58.0 Å². The maximum atomic E-state index is 12.3. The smallest absolute Gasteiger partial charge is 0.255 e. The lowest BCUT2D eigenvalue weighted by Crippen LogP contribution is -2.42. The summed E-state index contributed by atoms with van der Waals surface area (Å²) in [5.41, 5.74) is 0.636. The Hall–Kier alpha value is -1.56. The van der Waals surface area contributed by atoms with Crippen molar-refractivity contribution in [2.45, 2.75) is 50.1 Å². The van der Waals surface area contributed by atoms with E-state index in [-0.39, 0.29) is 11.8 Å². The molecule has 1 atom stereocenters. The number of hydrogen-bond acceptors (Lipinski definition) is 4. The van der Waals surface area contributed by atoms with Crippen LogP contribution in [0.1, 0.15) is 49.4 Å². The number of pyridine rings is 1. The molecule has 1 unspecified atom stereocenters. The van der Waals surface area contributed by atoms with E-state index in [2.05, 4.69) is 11.9 Å². The standard InChI is InChI=1S/C18H25N3O2S/c1-14-6-2-3-11-21(14)17(22)13-24-16-8-7-15(12-19-16)18(23)20-9-4-5-10-20/h7-8,12,14H,2-6,9-11,13H2,1H3. The second-order valence-electron chi connectivity index (χ2n) is 6.61. The Kier molecular flexibility index (Phi) is 5.76. The van der Waals surface area contributed by atoms with Crippen molar-refractivity contribution in [3.8, 4) is 0 Å². The van der Waals surface area contributed by atoms with Gasteiger partial charge in [0.25, 0.3) is 5.91 Å². The average molecular weight is 347 g/mol. The molecule has 1 aromatic heterocycles. The molecule has 2 aliphatic heterocycles. The van der Waals surface area contributed by atoms with Gasteiger partial charge in [-0.1, -0.05) is 11.8 Å². The maximum Gasteiger partial charge on any atom is 0.255 e. The second kappa shape index (κ2) is 8.01. The molecule has 0 N–H and O–H groups in total. The van der Waals surface area contributed by atoms with E-state index in [0.717, 1.165) is 50.3 Å². The zero-order valence-electron chi connectivity index (χ0n) is 14.2. The lowest BCUT2D eigenvalue weighted by atomic mass is 10.0. The van der Waals surface area contributed by atoms with Gasteiger partial charge >= 0.3 is 0 Å². The molecule has 0 spiro atoms. The van der Waals surface area contributed by atoms with Crippen LogP contribution in [0.25, 0.3) is 0 Å². The number of carbonyl (C=O) groups excluding carboxylic acids is 2. The molecule has 2 amide bonds. The zero-order valence-corrected chi connectivity index (χ0v) is 15.1. The average Bonchev–Trinajstić information content (AvgIpc) is 3.14. The largest absolute Gasteiger partial charge is 0.339 e. The minimum atomic E-state index is 0.0646. The highest BCUT2D eigenvalue weighted by molar-refractivity contribution is 7.99. The van der Waals surface area contributed by atoms with Crippen LogP contribution in [0.15, 0.2) is 23.4 Å². The first kappa shape index (κ1) is 17.3. The Morgan fingerprint density at radius 3 is 2.58 bits per heavy atom. The van der Waals surface area contributed by atoms with E-state index in [1.807, 2.05) is 21.9 Å². The van der Waals surface area contributed by atoms with Crippen molar-refractivity contribution in [2.24, 2.45) is 0 Å². The lowest BCUT2D eigenvalue weighted by Gasteiger charge is -2.33. The van der Waals surface area contributed by atoms with E-state index in [1.165, 1.54) is 18.2 Å².